The number of halogens is 1. The Kier molecular flexibility index (Phi) is 5.03. The van der Waals surface area contributed by atoms with Crippen LogP contribution in [0.4, 0.5) is 10.1 Å². The molecule has 1 fully saturated rings. The van der Waals surface area contributed by atoms with Crippen molar-refractivity contribution >= 4 is 11.6 Å². The van der Waals surface area contributed by atoms with Gasteiger partial charge >= 0.3 is 0 Å². The van der Waals surface area contributed by atoms with Crippen LogP contribution in [0.1, 0.15) is 30.0 Å². The SMILES string of the molecule is C[C@@H]1CN(c2ccc(CNC(=O)c3nccn3C)cc2F)C[C@H](C)O1. The van der Waals surface area contributed by atoms with Crippen molar-refractivity contribution in [1.29, 1.82) is 0 Å². The molecular weight excluding hydrogens is 323 g/mol. The molecule has 1 aromatic heterocycles. The van der Waals surface area contributed by atoms with Crippen molar-refractivity contribution < 1.29 is 13.9 Å². The van der Waals surface area contributed by atoms with E-state index in [1.165, 1.54) is 6.07 Å². The van der Waals surface area contributed by atoms with E-state index in [0.717, 1.165) is 0 Å². The van der Waals surface area contributed by atoms with Crippen LogP contribution in [0.2, 0.25) is 0 Å². The molecule has 1 saturated heterocycles. The summed E-state index contributed by atoms with van der Waals surface area (Å²) in [6, 6.07) is 5.07. The first-order valence-corrected chi connectivity index (χ1v) is 8.38. The summed E-state index contributed by atoms with van der Waals surface area (Å²) in [6.07, 6.45) is 3.40. The maximum absolute atomic E-state index is 14.5. The molecule has 2 heterocycles. The van der Waals surface area contributed by atoms with Crippen LogP contribution in [0.5, 0.6) is 0 Å². The van der Waals surface area contributed by atoms with Gasteiger partial charge < -0.3 is 19.5 Å². The molecule has 0 bridgehead atoms. The topological polar surface area (TPSA) is 59.4 Å². The van der Waals surface area contributed by atoms with E-state index in [0.29, 0.717) is 30.2 Å². The number of aryl methyl sites for hydroxylation is 1. The lowest BCUT2D eigenvalue weighted by molar-refractivity contribution is -0.00539. The molecular formula is C18H23FN4O2. The van der Waals surface area contributed by atoms with E-state index in [1.807, 2.05) is 24.8 Å². The van der Waals surface area contributed by atoms with E-state index in [4.69, 9.17) is 4.74 Å². The summed E-state index contributed by atoms with van der Waals surface area (Å²) in [6.45, 7) is 5.55. The molecule has 1 aliphatic rings. The molecule has 6 nitrogen and oxygen atoms in total. The van der Waals surface area contributed by atoms with Crippen molar-refractivity contribution in [3.63, 3.8) is 0 Å². The average Bonchev–Trinajstić information content (AvgIpc) is 2.98. The number of amides is 1. The lowest BCUT2D eigenvalue weighted by atomic mass is 10.1. The first kappa shape index (κ1) is 17.4. The van der Waals surface area contributed by atoms with Gasteiger partial charge in [0.05, 0.1) is 17.9 Å². The maximum Gasteiger partial charge on any atom is 0.287 e. The normalized spacial score (nSPS) is 20.6. The standard InChI is InChI=1S/C18H23FN4O2/c1-12-10-23(11-13(2)25-12)16-5-4-14(8-15(16)19)9-21-18(24)17-20-6-7-22(17)3/h4-8,12-13H,9-11H2,1-3H3,(H,21,24)/t12-,13+. The zero-order valence-electron chi connectivity index (χ0n) is 14.7. The van der Waals surface area contributed by atoms with Crippen LogP contribution >= 0.6 is 0 Å². The Morgan fingerprint density at radius 1 is 1.36 bits per heavy atom. The fourth-order valence-electron chi connectivity index (χ4n) is 3.14. The number of morpholine rings is 1. The molecule has 1 aliphatic heterocycles. The second-order valence-electron chi connectivity index (χ2n) is 6.49. The third kappa shape index (κ3) is 3.99. The second-order valence-corrected chi connectivity index (χ2v) is 6.49. The second kappa shape index (κ2) is 7.23. The molecule has 0 saturated carbocycles. The number of nitrogens with one attached hydrogen (secondary N) is 1. The van der Waals surface area contributed by atoms with Gasteiger partial charge in [0.1, 0.15) is 5.82 Å². The minimum absolute atomic E-state index is 0.0694. The molecule has 0 unspecified atom stereocenters. The molecule has 25 heavy (non-hydrogen) atoms. The number of nitrogens with zero attached hydrogens (tertiary/aromatic N) is 3. The Hall–Kier alpha value is -2.41. The maximum atomic E-state index is 14.5. The molecule has 1 N–H and O–H groups in total. The Bertz CT molecular complexity index is 751. The van der Waals surface area contributed by atoms with Crippen molar-refractivity contribution in [3.05, 3.63) is 47.8 Å². The van der Waals surface area contributed by atoms with Gasteiger partial charge in [-0.15, -0.1) is 0 Å². The zero-order chi connectivity index (χ0) is 18.0. The Labute approximate surface area is 146 Å². The van der Waals surface area contributed by atoms with Gasteiger partial charge in [-0.1, -0.05) is 6.07 Å². The van der Waals surface area contributed by atoms with E-state index in [9.17, 15) is 9.18 Å². The van der Waals surface area contributed by atoms with Gasteiger partial charge in [-0.2, -0.15) is 0 Å². The van der Waals surface area contributed by atoms with Gasteiger partial charge in [-0.3, -0.25) is 4.79 Å². The van der Waals surface area contributed by atoms with E-state index >= 15 is 0 Å². The number of rotatable bonds is 4. The Morgan fingerprint density at radius 3 is 2.68 bits per heavy atom. The molecule has 2 aromatic rings. The summed E-state index contributed by atoms with van der Waals surface area (Å²) in [4.78, 5) is 18.1. The molecule has 134 valence electrons. The number of benzene rings is 1. The smallest absolute Gasteiger partial charge is 0.287 e. The quantitative estimate of drug-likeness (QED) is 0.921. The van der Waals surface area contributed by atoms with Crippen molar-refractivity contribution in [2.24, 2.45) is 7.05 Å². The highest BCUT2D eigenvalue weighted by molar-refractivity contribution is 5.90. The van der Waals surface area contributed by atoms with Gasteiger partial charge in [0.2, 0.25) is 0 Å². The molecule has 0 spiro atoms. The zero-order valence-corrected chi connectivity index (χ0v) is 14.7. The van der Waals surface area contributed by atoms with Gasteiger partial charge in [0, 0.05) is 39.1 Å². The number of aromatic nitrogens is 2. The number of anilines is 1. The first-order chi connectivity index (χ1) is 11.9. The summed E-state index contributed by atoms with van der Waals surface area (Å²) >= 11 is 0. The molecule has 0 aliphatic carbocycles. The lowest BCUT2D eigenvalue weighted by Gasteiger charge is -2.37. The third-order valence-electron chi connectivity index (χ3n) is 4.25. The molecule has 7 heteroatoms. The summed E-state index contributed by atoms with van der Waals surface area (Å²) in [5, 5.41) is 2.76. The fraction of sp³-hybridized carbons (Fsp3) is 0.444. The first-order valence-electron chi connectivity index (χ1n) is 8.38. The van der Waals surface area contributed by atoms with E-state index in [2.05, 4.69) is 10.3 Å². The fourth-order valence-corrected chi connectivity index (χ4v) is 3.14. The van der Waals surface area contributed by atoms with Crippen LogP contribution in [0, 0.1) is 5.82 Å². The van der Waals surface area contributed by atoms with Crippen LogP contribution in [-0.4, -0.2) is 40.8 Å². The van der Waals surface area contributed by atoms with Crippen LogP contribution in [0.25, 0.3) is 0 Å². The van der Waals surface area contributed by atoms with Crippen molar-refractivity contribution in [3.8, 4) is 0 Å². The Morgan fingerprint density at radius 2 is 2.08 bits per heavy atom. The van der Waals surface area contributed by atoms with Crippen LogP contribution in [0.15, 0.2) is 30.6 Å². The predicted molar refractivity (Wildman–Crippen MR) is 93.0 cm³/mol. The summed E-state index contributed by atoms with van der Waals surface area (Å²) < 4.78 is 21.9. The minimum Gasteiger partial charge on any atom is -0.372 e. The van der Waals surface area contributed by atoms with Crippen LogP contribution in [-0.2, 0) is 18.3 Å². The largest absolute Gasteiger partial charge is 0.372 e. The highest BCUT2D eigenvalue weighted by Crippen LogP contribution is 2.24. The monoisotopic (exact) mass is 346 g/mol. The lowest BCUT2D eigenvalue weighted by Crippen LogP contribution is -2.45. The molecule has 1 amide bonds. The molecule has 3 rings (SSSR count). The van der Waals surface area contributed by atoms with E-state index in [-0.39, 0.29) is 30.5 Å². The highest BCUT2D eigenvalue weighted by atomic mass is 19.1. The third-order valence-corrected chi connectivity index (χ3v) is 4.25. The number of carbonyl (C=O) groups excluding carboxylic acids is 1. The number of imidazole rings is 1. The van der Waals surface area contributed by atoms with Gasteiger partial charge in [-0.05, 0) is 31.5 Å². The van der Waals surface area contributed by atoms with E-state index < -0.39 is 0 Å². The summed E-state index contributed by atoms with van der Waals surface area (Å²) in [5.74, 6) is -0.244. The molecule has 0 radical (unpaired) electrons. The van der Waals surface area contributed by atoms with Gasteiger partial charge in [0.25, 0.3) is 5.91 Å². The summed E-state index contributed by atoms with van der Waals surface area (Å²) in [5.41, 5.74) is 1.28. The number of hydrogen-bond acceptors (Lipinski definition) is 4. The minimum atomic E-state index is -0.287. The van der Waals surface area contributed by atoms with Gasteiger partial charge in [0.15, 0.2) is 5.82 Å². The van der Waals surface area contributed by atoms with E-state index in [1.54, 1.807) is 30.1 Å². The molecule has 1 aromatic carbocycles. The summed E-state index contributed by atoms with van der Waals surface area (Å²) in [7, 11) is 1.75. The average molecular weight is 346 g/mol. The molecule has 2 atom stereocenters. The van der Waals surface area contributed by atoms with Crippen LogP contribution in [0.3, 0.4) is 0 Å². The highest BCUT2D eigenvalue weighted by Gasteiger charge is 2.24. The Balaban J connectivity index is 1.66. The van der Waals surface area contributed by atoms with Gasteiger partial charge in [-0.25, -0.2) is 9.37 Å². The van der Waals surface area contributed by atoms with Crippen molar-refractivity contribution in [2.45, 2.75) is 32.6 Å². The predicted octanol–water partition coefficient (Wildman–Crippen LogP) is 2.10. The number of carbonyl (C=O) groups is 1. The number of ether oxygens (including phenoxy) is 1. The number of hydrogen-bond donors (Lipinski definition) is 1. The van der Waals surface area contributed by atoms with Crippen molar-refractivity contribution in [2.75, 3.05) is 18.0 Å². The van der Waals surface area contributed by atoms with Crippen molar-refractivity contribution in [1.82, 2.24) is 14.9 Å². The van der Waals surface area contributed by atoms with Crippen LogP contribution < -0.4 is 10.2 Å².